The molecule has 1 amide bonds. The van der Waals surface area contributed by atoms with Crippen LogP contribution < -0.4 is 15.5 Å². The van der Waals surface area contributed by atoms with Crippen LogP contribution in [-0.2, 0) is 10.0 Å². The molecule has 0 spiro atoms. The van der Waals surface area contributed by atoms with E-state index >= 15 is 0 Å². The molecule has 0 unspecified atom stereocenters. The highest BCUT2D eigenvalue weighted by Crippen LogP contribution is 2.27. The molecular weight excluding hydrogens is 537 g/mol. The summed E-state index contributed by atoms with van der Waals surface area (Å²) in [6.07, 6.45) is 2.77. The van der Waals surface area contributed by atoms with Gasteiger partial charge >= 0.3 is 0 Å². The predicted octanol–water partition coefficient (Wildman–Crippen LogP) is 4.38. The first-order valence-corrected chi connectivity index (χ1v) is 14.2. The highest BCUT2D eigenvalue weighted by molar-refractivity contribution is 7.88. The predicted molar refractivity (Wildman–Crippen MR) is 147 cm³/mol. The maximum atomic E-state index is 12.8. The van der Waals surface area contributed by atoms with Crippen LogP contribution in [0.1, 0.15) is 35.8 Å². The van der Waals surface area contributed by atoms with Gasteiger partial charge in [-0.2, -0.15) is 9.29 Å². The number of anilines is 4. The van der Waals surface area contributed by atoms with Crippen molar-refractivity contribution in [2.45, 2.75) is 19.8 Å². The third-order valence-electron chi connectivity index (χ3n) is 5.78. The van der Waals surface area contributed by atoms with E-state index in [0.29, 0.717) is 49.5 Å². The van der Waals surface area contributed by atoms with Crippen LogP contribution in [0.15, 0.2) is 42.6 Å². The molecule has 10 nitrogen and oxygen atoms in total. The lowest BCUT2D eigenvalue weighted by atomic mass is 10.1. The molecular formula is C24H27Cl2N7O3S. The Morgan fingerprint density at radius 1 is 1.00 bits per heavy atom. The standard InChI is InChI=1S/C24H27Cl2N7O3S/c1-15(2)19-14-21(31-24(29-19)32-9-11-33(12-10-32)37(3,35)36)30-20-13-16(7-8-27-20)28-23(34)22-17(25)5-4-6-18(22)26/h4-8,13-15H,9-12H2,1-3H3,(H2,27,28,29,30,31,34). The fourth-order valence-corrected chi connectivity index (χ4v) is 5.19. The first-order valence-electron chi connectivity index (χ1n) is 11.6. The molecule has 0 atom stereocenters. The van der Waals surface area contributed by atoms with Crippen LogP contribution in [0.4, 0.5) is 23.3 Å². The Balaban J connectivity index is 1.53. The molecule has 0 radical (unpaired) electrons. The van der Waals surface area contributed by atoms with E-state index in [-0.39, 0.29) is 21.5 Å². The Morgan fingerprint density at radius 3 is 2.30 bits per heavy atom. The third kappa shape index (κ3) is 6.67. The number of carbonyl (C=O) groups excluding carboxylic acids is 1. The van der Waals surface area contributed by atoms with Crippen LogP contribution in [0, 0.1) is 0 Å². The van der Waals surface area contributed by atoms with Crippen molar-refractivity contribution in [1.82, 2.24) is 19.3 Å². The minimum Gasteiger partial charge on any atom is -0.338 e. The zero-order valence-electron chi connectivity index (χ0n) is 20.6. The van der Waals surface area contributed by atoms with Crippen molar-refractivity contribution in [2.75, 3.05) is 48.0 Å². The number of halogens is 2. The molecule has 2 N–H and O–H groups in total. The number of carbonyl (C=O) groups is 1. The van der Waals surface area contributed by atoms with Gasteiger partial charge in [0.25, 0.3) is 5.91 Å². The zero-order chi connectivity index (χ0) is 26.7. The molecule has 196 valence electrons. The van der Waals surface area contributed by atoms with Gasteiger partial charge in [0.1, 0.15) is 11.6 Å². The number of piperazine rings is 1. The lowest BCUT2D eigenvalue weighted by Gasteiger charge is -2.33. The summed E-state index contributed by atoms with van der Waals surface area (Å²) in [6, 6.07) is 10.0. The van der Waals surface area contributed by atoms with E-state index in [1.165, 1.54) is 10.6 Å². The van der Waals surface area contributed by atoms with Crippen LogP contribution in [0.2, 0.25) is 10.0 Å². The van der Waals surface area contributed by atoms with Crippen molar-refractivity contribution in [1.29, 1.82) is 0 Å². The van der Waals surface area contributed by atoms with Crippen LogP contribution in [-0.4, -0.2) is 66.0 Å². The van der Waals surface area contributed by atoms with E-state index < -0.39 is 15.9 Å². The van der Waals surface area contributed by atoms with E-state index in [2.05, 4.69) is 20.6 Å². The second kappa shape index (κ2) is 11.2. The fourth-order valence-electron chi connectivity index (χ4n) is 3.79. The SMILES string of the molecule is CC(C)c1cc(Nc2cc(NC(=O)c3c(Cl)cccc3Cl)ccn2)nc(N2CCN(S(C)(=O)=O)CC2)n1. The molecule has 3 aromatic rings. The summed E-state index contributed by atoms with van der Waals surface area (Å²) in [7, 11) is -3.24. The fraction of sp³-hybridized carbons (Fsp3) is 0.333. The largest absolute Gasteiger partial charge is 0.338 e. The Bertz CT molecular complexity index is 1390. The topological polar surface area (TPSA) is 120 Å². The number of aromatic nitrogens is 3. The molecule has 37 heavy (non-hydrogen) atoms. The Kier molecular flexibility index (Phi) is 8.17. The average molecular weight is 564 g/mol. The molecule has 1 fully saturated rings. The molecule has 0 saturated carbocycles. The van der Waals surface area contributed by atoms with E-state index in [4.69, 9.17) is 28.2 Å². The second-order valence-electron chi connectivity index (χ2n) is 8.89. The summed E-state index contributed by atoms with van der Waals surface area (Å²) in [5.41, 5.74) is 1.51. The van der Waals surface area contributed by atoms with Crippen LogP contribution in [0.25, 0.3) is 0 Å². The number of pyridine rings is 1. The lowest BCUT2D eigenvalue weighted by molar-refractivity contribution is 0.102. The highest BCUT2D eigenvalue weighted by atomic mass is 35.5. The molecule has 3 heterocycles. The molecule has 0 bridgehead atoms. The summed E-state index contributed by atoms with van der Waals surface area (Å²) >= 11 is 12.3. The summed E-state index contributed by atoms with van der Waals surface area (Å²) in [5, 5.41) is 6.49. The number of hydrogen-bond donors (Lipinski definition) is 2. The first kappa shape index (κ1) is 27.1. The average Bonchev–Trinajstić information content (AvgIpc) is 2.83. The number of nitrogens with zero attached hydrogens (tertiary/aromatic N) is 5. The highest BCUT2D eigenvalue weighted by Gasteiger charge is 2.25. The van der Waals surface area contributed by atoms with Gasteiger partial charge in [0.15, 0.2) is 0 Å². The first-order chi connectivity index (χ1) is 17.5. The summed E-state index contributed by atoms with van der Waals surface area (Å²) in [4.78, 5) is 28.4. The normalized spacial score (nSPS) is 14.6. The molecule has 1 aliphatic rings. The molecule has 13 heteroatoms. The maximum Gasteiger partial charge on any atom is 0.258 e. The number of sulfonamides is 1. The van der Waals surface area contributed by atoms with Gasteiger partial charge in [-0.15, -0.1) is 0 Å². The van der Waals surface area contributed by atoms with Gasteiger partial charge in [-0.1, -0.05) is 43.1 Å². The minimum absolute atomic E-state index is 0.138. The van der Waals surface area contributed by atoms with Gasteiger partial charge in [0, 0.05) is 50.2 Å². The Morgan fingerprint density at radius 2 is 1.68 bits per heavy atom. The summed E-state index contributed by atoms with van der Waals surface area (Å²) < 4.78 is 25.2. The number of benzene rings is 1. The van der Waals surface area contributed by atoms with Crippen molar-refractivity contribution in [3.63, 3.8) is 0 Å². The molecule has 0 aliphatic carbocycles. The van der Waals surface area contributed by atoms with Gasteiger partial charge in [0.05, 0.1) is 27.6 Å². The number of hydrogen-bond acceptors (Lipinski definition) is 8. The van der Waals surface area contributed by atoms with Crippen LogP contribution >= 0.6 is 23.2 Å². The van der Waals surface area contributed by atoms with Gasteiger partial charge in [0.2, 0.25) is 16.0 Å². The minimum atomic E-state index is -3.24. The number of rotatable bonds is 7. The lowest BCUT2D eigenvalue weighted by Crippen LogP contribution is -2.48. The molecule has 1 saturated heterocycles. The number of nitrogens with one attached hydrogen (secondary N) is 2. The van der Waals surface area contributed by atoms with Crippen molar-refractivity contribution < 1.29 is 13.2 Å². The van der Waals surface area contributed by atoms with Crippen molar-refractivity contribution in [2.24, 2.45) is 0 Å². The van der Waals surface area contributed by atoms with Crippen molar-refractivity contribution in [3.8, 4) is 0 Å². The smallest absolute Gasteiger partial charge is 0.258 e. The summed E-state index contributed by atoms with van der Waals surface area (Å²) in [6.45, 7) is 5.78. The second-order valence-corrected chi connectivity index (χ2v) is 11.7. The van der Waals surface area contributed by atoms with Gasteiger partial charge < -0.3 is 15.5 Å². The molecule has 1 aromatic carbocycles. The number of amides is 1. The van der Waals surface area contributed by atoms with Crippen LogP contribution in [0.5, 0.6) is 0 Å². The quantitative estimate of drug-likeness (QED) is 0.434. The van der Waals surface area contributed by atoms with E-state index in [9.17, 15) is 13.2 Å². The monoisotopic (exact) mass is 563 g/mol. The van der Waals surface area contributed by atoms with Gasteiger partial charge in [-0.05, 0) is 24.1 Å². The molecule has 2 aromatic heterocycles. The van der Waals surface area contributed by atoms with Crippen molar-refractivity contribution in [3.05, 3.63) is 63.9 Å². The Labute approximate surface area is 226 Å². The van der Waals surface area contributed by atoms with E-state index in [1.807, 2.05) is 24.8 Å². The van der Waals surface area contributed by atoms with Crippen molar-refractivity contribution >= 4 is 62.4 Å². The molecule has 1 aliphatic heterocycles. The Hall–Kier alpha value is -2.99. The maximum absolute atomic E-state index is 12.8. The zero-order valence-corrected chi connectivity index (χ0v) is 22.9. The van der Waals surface area contributed by atoms with E-state index in [0.717, 1.165) is 5.69 Å². The third-order valence-corrected chi connectivity index (χ3v) is 7.71. The van der Waals surface area contributed by atoms with E-state index in [1.54, 1.807) is 36.5 Å². The van der Waals surface area contributed by atoms with Crippen LogP contribution in [0.3, 0.4) is 0 Å². The van der Waals surface area contributed by atoms with Gasteiger partial charge in [-0.25, -0.2) is 18.4 Å². The molecule has 4 rings (SSSR count). The summed E-state index contributed by atoms with van der Waals surface area (Å²) in [5.74, 6) is 1.21. The van der Waals surface area contributed by atoms with Gasteiger partial charge in [-0.3, -0.25) is 4.79 Å².